The van der Waals surface area contributed by atoms with Crippen LogP contribution in [0.5, 0.6) is 0 Å². The summed E-state index contributed by atoms with van der Waals surface area (Å²) in [5, 5.41) is 10.8. The molecule has 1 amide bonds. The monoisotopic (exact) mass is 316 g/mol. The molecule has 2 heterocycles. The molecule has 2 aromatic rings. The number of amides is 1. The van der Waals surface area contributed by atoms with Gasteiger partial charge in [0.05, 0.1) is 6.54 Å². The van der Waals surface area contributed by atoms with Crippen LogP contribution in [0.2, 0.25) is 0 Å². The Morgan fingerprint density at radius 2 is 2.17 bits per heavy atom. The highest BCUT2D eigenvalue weighted by molar-refractivity contribution is 5.93. The van der Waals surface area contributed by atoms with E-state index in [0.717, 1.165) is 12.8 Å². The summed E-state index contributed by atoms with van der Waals surface area (Å²) in [5.41, 5.74) is -0.442. The predicted octanol–water partition coefficient (Wildman–Crippen LogP) is 1.11. The van der Waals surface area contributed by atoms with E-state index in [4.69, 9.17) is 0 Å². The molecule has 23 heavy (non-hydrogen) atoms. The van der Waals surface area contributed by atoms with Crippen molar-refractivity contribution in [2.24, 2.45) is 0 Å². The average molecular weight is 316 g/mol. The van der Waals surface area contributed by atoms with Crippen LogP contribution < -0.4 is 10.9 Å². The van der Waals surface area contributed by atoms with Gasteiger partial charge in [-0.15, -0.1) is 10.2 Å². The maximum Gasteiger partial charge on any atom is 0.263 e. The van der Waals surface area contributed by atoms with Gasteiger partial charge in [-0.1, -0.05) is 19.3 Å². The second kappa shape index (κ2) is 6.72. The number of nitrogens with one attached hydrogen (secondary N) is 2. The summed E-state index contributed by atoms with van der Waals surface area (Å²) in [6.45, 7) is 1.90. The van der Waals surface area contributed by atoms with Crippen LogP contribution in [0.4, 0.5) is 0 Å². The summed E-state index contributed by atoms with van der Waals surface area (Å²) >= 11 is 0. The van der Waals surface area contributed by atoms with E-state index < -0.39 is 11.5 Å². The lowest BCUT2D eigenvalue weighted by Crippen LogP contribution is -2.31. The molecule has 2 N–H and O–H groups in total. The Bertz CT molecular complexity index is 744. The summed E-state index contributed by atoms with van der Waals surface area (Å²) in [6, 6.07) is 0.398. The molecule has 3 rings (SSSR count). The Morgan fingerprint density at radius 1 is 1.39 bits per heavy atom. The minimum Gasteiger partial charge on any atom is -0.345 e. The molecule has 0 radical (unpaired) electrons. The number of aromatic nitrogens is 5. The van der Waals surface area contributed by atoms with Crippen molar-refractivity contribution in [1.82, 2.24) is 30.0 Å². The van der Waals surface area contributed by atoms with Crippen LogP contribution in [0, 0.1) is 6.92 Å². The number of carbonyl (C=O) groups excluding carboxylic acids is 1. The molecule has 122 valence electrons. The molecule has 8 nitrogen and oxygen atoms in total. The fourth-order valence-corrected chi connectivity index (χ4v) is 2.96. The first-order valence-corrected chi connectivity index (χ1v) is 7.87. The normalized spacial score (nSPS) is 15.5. The van der Waals surface area contributed by atoms with E-state index in [2.05, 4.69) is 25.5 Å². The Balaban J connectivity index is 1.67. The fourth-order valence-electron chi connectivity index (χ4n) is 2.96. The fraction of sp³-hybridized carbons (Fsp3) is 0.533. The number of aromatic amines is 1. The third kappa shape index (κ3) is 3.46. The smallest absolute Gasteiger partial charge is 0.263 e. The summed E-state index contributed by atoms with van der Waals surface area (Å²) in [4.78, 5) is 30.4. The van der Waals surface area contributed by atoms with Crippen LogP contribution >= 0.6 is 0 Å². The van der Waals surface area contributed by atoms with Crippen LogP contribution in [-0.4, -0.2) is 30.6 Å². The quantitative estimate of drug-likeness (QED) is 0.879. The lowest BCUT2D eigenvalue weighted by Gasteiger charge is -2.23. The highest BCUT2D eigenvalue weighted by atomic mass is 16.2. The van der Waals surface area contributed by atoms with Crippen LogP contribution in [0.3, 0.4) is 0 Å². The van der Waals surface area contributed by atoms with Gasteiger partial charge in [0.1, 0.15) is 17.7 Å². The topological polar surface area (TPSA) is 106 Å². The van der Waals surface area contributed by atoms with Gasteiger partial charge < -0.3 is 14.9 Å². The highest BCUT2D eigenvalue weighted by Gasteiger charge is 2.19. The van der Waals surface area contributed by atoms with Gasteiger partial charge in [0.2, 0.25) is 0 Å². The number of hydrogen-bond donors (Lipinski definition) is 2. The number of H-pyrrole nitrogens is 1. The number of aryl methyl sites for hydroxylation is 1. The minimum absolute atomic E-state index is 0.000619. The van der Waals surface area contributed by atoms with Crippen molar-refractivity contribution in [2.45, 2.75) is 51.6 Å². The zero-order chi connectivity index (χ0) is 16.2. The molecule has 0 spiro atoms. The van der Waals surface area contributed by atoms with Crippen molar-refractivity contribution in [2.75, 3.05) is 0 Å². The maximum atomic E-state index is 12.1. The summed E-state index contributed by atoms with van der Waals surface area (Å²) in [7, 11) is 0. The van der Waals surface area contributed by atoms with E-state index in [1.807, 2.05) is 4.57 Å². The Hall–Kier alpha value is -2.51. The van der Waals surface area contributed by atoms with Crippen LogP contribution in [0.15, 0.2) is 17.3 Å². The zero-order valence-corrected chi connectivity index (χ0v) is 13.1. The van der Waals surface area contributed by atoms with E-state index in [1.54, 1.807) is 13.3 Å². The molecule has 0 aliphatic heterocycles. The standard InChI is InChI=1S/C15H20N6O2/c1-10-16-7-12(15(23)19-10)14(22)17-8-13-20-18-9-21(13)11-5-3-2-4-6-11/h7,9,11H,2-6,8H2,1H3,(H,17,22)(H,16,19,23). The molecule has 0 atom stereocenters. The molecule has 1 aliphatic carbocycles. The van der Waals surface area contributed by atoms with Crippen molar-refractivity contribution < 1.29 is 4.79 Å². The van der Waals surface area contributed by atoms with Crippen molar-refractivity contribution >= 4 is 5.91 Å². The summed E-state index contributed by atoms with van der Waals surface area (Å²) in [6.07, 6.45) is 8.92. The largest absolute Gasteiger partial charge is 0.345 e. The molecule has 1 aliphatic rings. The van der Waals surface area contributed by atoms with Crippen LogP contribution in [0.25, 0.3) is 0 Å². The van der Waals surface area contributed by atoms with E-state index >= 15 is 0 Å². The molecule has 2 aromatic heterocycles. The average Bonchev–Trinajstić information content (AvgIpc) is 3.02. The first-order valence-electron chi connectivity index (χ1n) is 7.87. The molecule has 0 bridgehead atoms. The third-order valence-corrected chi connectivity index (χ3v) is 4.19. The predicted molar refractivity (Wildman–Crippen MR) is 82.9 cm³/mol. The summed E-state index contributed by atoms with van der Waals surface area (Å²) in [5.74, 6) is 0.724. The van der Waals surface area contributed by atoms with Gasteiger partial charge in [-0.05, 0) is 19.8 Å². The van der Waals surface area contributed by atoms with Gasteiger partial charge in [-0.3, -0.25) is 9.59 Å². The van der Waals surface area contributed by atoms with Gasteiger partial charge in [0, 0.05) is 12.2 Å². The number of hydrogen-bond acceptors (Lipinski definition) is 5. The number of rotatable bonds is 4. The zero-order valence-electron chi connectivity index (χ0n) is 13.1. The molecule has 1 saturated carbocycles. The van der Waals surface area contributed by atoms with Crippen LogP contribution in [0.1, 0.15) is 60.2 Å². The minimum atomic E-state index is -0.461. The number of carbonyl (C=O) groups is 1. The Kier molecular flexibility index (Phi) is 4.50. The van der Waals surface area contributed by atoms with Crippen LogP contribution in [-0.2, 0) is 6.54 Å². The SMILES string of the molecule is Cc1ncc(C(=O)NCc2nncn2C2CCCCC2)c(=O)[nH]1. The van der Waals surface area contributed by atoms with Crippen molar-refractivity contribution in [1.29, 1.82) is 0 Å². The number of nitrogens with zero attached hydrogens (tertiary/aromatic N) is 4. The highest BCUT2D eigenvalue weighted by Crippen LogP contribution is 2.28. The lowest BCUT2D eigenvalue weighted by atomic mass is 9.95. The molecule has 1 fully saturated rings. The Morgan fingerprint density at radius 3 is 2.91 bits per heavy atom. The second-order valence-electron chi connectivity index (χ2n) is 5.84. The third-order valence-electron chi connectivity index (χ3n) is 4.19. The second-order valence-corrected chi connectivity index (χ2v) is 5.84. The maximum absolute atomic E-state index is 12.1. The van der Waals surface area contributed by atoms with E-state index in [0.29, 0.717) is 17.7 Å². The summed E-state index contributed by atoms with van der Waals surface area (Å²) < 4.78 is 2.04. The first kappa shape index (κ1) is 15.4. The van der Waals surface area contributed by atoms with E-state index in [1.165, 1.54) is 25.5 Å². The van der Waals surface area contributed by atoms with Crippen molar-refractivity contribution in [3.63, 3.8) is 0 Å². The van der Waals surface area contributed by atoms with Crippen molar-refractivity contribution in [3.8, 4) is 0 Å². The van der Waals surface area contributed by atoms with Gasteiger partial charge in [0.25, 0.3) is 11.5 Å². The first-order chi connectivity index (χ1) is 11.1. The van der Waals surface area contributed by atoms with Gasteiger partial charge >= 0.3 is 0 Å². The lowest BCUT2D eigenvalue weighted by molar-refractivity contribution is 0.0947. The van der Waals surface area contributed by atoms with Gasteiger partial charge in [-0.25, -0.2) is 4.98 Å². The van der Waals surface area contributed by atoms with E-state index in [-0.39, 0.29) is 12.1 Å². The molecular formula is C15H20N6O2. The van der Waals surface area contributed by atoms with E-state index in [9.17, 15) is 9.59 Å². The molecule has 0 saturated heterocycles. The molecule has 8 heteroatoms. The van der Waals surface area contributed by atoms with Crippen molar-refractivity contribution in [3.05, 3.63) is 40.1 Å². The molecule has 0 unspecified atom stereocenters. The molecule has 0 aromatic carbocycles. The van der Waals surface area contributed by atoms with Gasteiger partial charge in [-0.2, -0.15) is 0 Å². The Labute approximate surface area is 133 Å². The van der Waals surface area contributed by atoms with Gasteiger partial charge in [0.15, 0.2) is 5.82 Å². The molecular weight excluding hydrogens is 296 g/mol.